The van der Waals surface area contributed by atoms with Gasteiger partial charge in [-0.3, -0.25) is 10.6 Å². The summed E-state index contributed by atoms with van der Waals surface area (Å²) in [4.78, 5) is 10.8. The van der Waals surface area contributed by atoms with E-state index in [9.17, 15) is 4.79 Å². The smallest absolute Gasteiger partial charge is 0.177 e. The van der Waals surface area contributed by atoms with E-state index >= 15 is 0 Å². The van der Waals surface area contributed by atoms with E-state index in [1.54, 1.807) is 0 Å². The van der Waals surface area contributed by atoms with Crippen molar-refractivity contribution in [3.63, 3.8) is 0 Å². The molecule has 0 aliphatic heterocycles. The van der Waals surface area contributed by atoms with Crippen molar-refractivity contribution in [2.75, 3.05) is 0 Å². The molecule has 0 saturated heterocycles. The maximum atomic E-state index is 10.8. The molecule has 5 N–H and O–H groups in total. The topological polar surface area (TPSA) is 81.1 Å². The van der Waals surface area contributed by atoms with E-state index in [-0.39, 0.29) is 11.5 Å². The molecule has 0 amide bonds. The number of allylic oxidation sites excluding steroid dienone is 2. The zero-order valence-electron chi connectivity index (χ0n) is 7.68. The summed E-state index contributed by atoms with van der Waals surface area (Å²) >= 11 is 0. The highest BCUT2D eigenvalue weighted by Crippen LogP contribution is 2.05. The summed E-state index contributed by atoms with van der Waals surface area (Å²) in [5.41, 5.74) is 8.84. The first-order valence-electron chi connectivity index (χ1n) is 4.09. The van der Waals surface area contributed by atoms with Gasteiger partial charge < -0.3 is 11.2 Å². The van der Waals surface area contributed by atoms with Crippen LogP contribution in [0.2, 0.25) is 0 Å². The summed E-state index contributed by atoms with van der Waals surface area (Å²) in [6, 6.07) is 0. The highest BCUT2D eigenvalue weighted by atomic mass is 16.1. The first kappa shape index (κ1) is 11.0. The van der Waals surface area contributed by atoms with Crippen molar-refractivity contribution in [3.05, 3.63) is 11.4 Å². The van der Waals surface area contributed by atoms with E-state index in [1.165, 1.54) is 6.92 Å². The normalized spacial score (nSPS) is 12.2. The summed E-state index contributed by atoms with van der Waals surface area (Å²) in [6.45, 7) is 3.50. The lowest BCUT2D eigenvalue weighted by atomic mass is 10.1. The molecule has 0 fully saturated rings. The van der Waals surface area contributed by atoms with Gasteiger partial charge in [0.15, 0.2) is 5.78 Å². The molecular formula is C8H17N3O. The van der Waals surface area contributed by atoms with Crippen molar-refractivity contribution in [1.82, 2.24) is 5.43 Å². The number of nitrogens with one attached hydrogen (secondary N) is 1. The van der Waals surface area contributed by atoms with Gasteiger partial charge in [-0.25, -0.2) is 0 Å². The fraction of sp³-hybridized carbons (Fsp3) is 0.625. The Labute approximate surface area is 73.0 Å². The van der Waals surface area contributed by atoms with Gasteiger partial charge in [-0.15, -0.1) is 0 Å². The molecule has 0 bridgehead atoms. The molecule has 0 atom stereocenters. The van der Waals surface area contributed by atoms with Gasteiger partial charge >= 0.3 is 0 Å². The molecule has 0 saturated carbocycles. The van der Waals surface area contributed by atoms with Crippen LogP contribution in [0.3, 0.4) is 0 Å². The van der Waals surface area contributed by atoms with E-state index in [2.05, 4.69) is 12.3 Å². The molecule has 0 unspecified atom stereocenters. The summed E-state index contributed by atoms with van der Waals surface area (Å²) in [5.74, 6) is 5.07. The average Bonchev–Trinajstić information content (AvgIpc) is 2.05. The first-order valence-corrected chi connectivity index (χ1v) is 4.09. The van der Waals surface area contributed by atoms with Crippen molar-refractivity contribution >= 4 is 5.78 Å². The molecule has 70 valence electrons. The molecule has 0 aliphatic carbocycles. The van der Waals surface area contributed by atoms with Gasteiger partial charge in [0.1, 0.15) is 0 Å². The molecule has 0 heterocycles. The Bertz CT molecular complexity index is 187. The molecule has 0 aromatic carbocycles. The Balaban J connectivity index is 4.28. The third-order valence-corrected chi connectivity index (χ3v) is 1.66. The van der Waals surface area contributed by atoms with E-state index in [0.29, 0.717) is 5.70 Å². The molecule has 12 heavy (non-hydrogen) atoms. The minimum absolute atomic E-state index is 0.140. The van der Waals surface area contributed by atoms with Crippen LogP contribution in [0.5, 0.6) is 0 Å². The third kappa shape index (κ3) is 3.39. The van der Waals surface area contributed by atoms with Gasteiger partial charge in [0.2, 0.25) is 0 Å². The highest BCUT2D eigenvalue weighted by molar-refractivity contribution is 5.92. The standard InChI is InChI=1S/C8H17N3O/c1-3-4-5-7(11-10)8(9)6(2)12/h11H,3-5,9-10H2,1-2H3/b8-7-. The lowest BCUT2D eigenvalue weighted by Crippen LogP contribution is -2.27. The largest absolute Gasteiger partial charge is 0.394 e. The van der Waals surface area contributed by atoms with E-state index in [1.807, 2.05) is 0 Å². The van der Waals surface area contributed by atoms with E-state index in [0.717, 1.165) is 19.3 Å². The lowest BCUT2D eigenvalue weighted by Gasteiger charge is -2.08. The quantitative estimate of drug-likeness (QED) is 0.318. The van der Waals surface area contributed by atoms with Gasteiger partial charge in [0, 0.05) is 6.92 Å². The Hall–Kier alpha value is -1.03. The molecular weight excluding hydrogens is 154 g/mol. The van der Waals surface area contributed by atoms with Crippen LogP contribution in [0.4, 0.5) is 0 Å². The second-order valence-corrected chi connectivity index (χ2v) is 2.70. The van der Waals surface area contributed by atoms with Crippen LogP contribution in [0.15, 0.2) is 11.4 Å². The molecule has 4 heteroatoms. The molecule has 0 spiro atoms. The van der Waals surface area contributed by atoms with Crippen molar-refractivity contribution in [3.8, 4) is 0 Å². The van der Waals surface area contributed by atoms with Crippen LogP contribution in [0.25, 0.3) is 0 Å². The van der Waals surface area contributed by atoms with E-state index in [4.69, 9.17) is 11.6 Å². The number of hydrogen-bond donors (Lipinski definition) is 3. The Morgan fingerprint density at radius 1 is 1.50 bits per heavy atom. The summed E-state index contributed by atoms with van der Waals surface area (Å²) in [5, 5.41) is 0. The summed E-state index contributed by atoms with van der Waals surface area (Å²) < 4.78 is 0. The van der Waals surface area contributed by atoms with Crippen LogP contribution in [0, 0.1) is 0 Å². The van der Waals surface area contributed by atoms with Crippen LogP contribution in [-0.4, -0.2) is 5.78 Å². The molecule has 0 aromatic rings. The number of unbranched alkanes of at least 4 members (excludes halogenated alkanes) is 1. The number of rotatable bonds is 5. The number of hydrogen-bond acceptors (Lipinski definition) is 4. The van der Waals surface area contributed by atoms with Crippen molar-refractivity contribution in [2.24, 2.45) is 11.6 Å². The van der Waals surface area contributed by atoms with Gasteiger partial charge in [-0.05, 0) is 12.8 Å². The van der Waals surface area contributed by atoms with Gasteiger partial charge in [-0.1, -0.05) is 13.3 Å². The number of nitrogens with two attached hydrogens (primary N) is 2. The van der Waals surface area contributed by atoms with Crippen LogP contribution < -0.4 is 17.0 Å². The Morgan fingerprint density at radius 3 is 2.42 bits per heavy atom. The fourth-order valence-electron chi connectivity index (χ4n) is 0.851. The van der Waals surface area contributed by atoms with Gasteiger partial charge in [0.25, 0.3) is 0 Å². The average molecular weight is 171 g/mol. The maximum absolute atomic E-state index is 10.8. The number of carbonyl (C=O) groups excluding carboxylic acids is 1. The van der Waals surface area contributed by atoms with Crippen LogP contribution >= 0.6 is 0 Å². The molecule has 0 radical (unpaired) electrons. The van der Waals surface area contributed by atoms with Gasteiger partial charge in [0.05, 0.1) is 11.4 Å². The molecule has 0 aliphatic rings. The van der Waals surface area contributed by atoms with Crippen molar-refractivity contribution < 1.29 is 4.79 Å². The molecule has 4 nitrogen and oxygen atoms in total. The monoisotopic (exact) mass is 171 g/mol. The maximum Gasteiger partial charge on any atom is 0.177 e. The first-order chi connectivity index (χ1) is 5.63. The van der Waals surface area contributed by atoms with Crippen LogP contribution in [-0.2, 0) is 4.79 Å². The molecule has 0 aromatic heterocycles. The predicted molar refractivity (Wildman–Crippen MR) is 48.7 cm³/mol. The second kappa shape index (κ2) is 5.60. The number of ketones is 1. The number of Topliss-reactive ketones (excluding diaryl/α,β-unsaturated/α-hetero) is 1. The van der Waals surface area contributed by atoms with E-state index < -0.39 is 0 Å². The predicted octanol–water partition coefficient (Wildman–Crippen LogP) is 0.399. The SMILES string of the molecule is CCCC/C(NN)=C(/N)C(C)=O. The van der Waals surface area contributed by atoms with Gasteiger partial charge in [-0.2, -0.15) is 0 Å². The van der Waals surface area contributed by atoms with Crippen LogP contribution in [0.1, 0.15) is 33.1 Å². The lowest BCUT2D eigenvalue weighted by molar-refractivity contribution is -0.113. The highest BCUT2D eigenvalue weighted by Gasteiger charge is 2.05. The Morgan fingerprint density at radius 2 is 2.08 bits per heavy atom. The minimum Gasteiger partial charge on any atom is -0.394 e. The minimum atomic E-state index is -0.140. The second-order valence-electron chi connectivity index (χ2n) is 2.70. The number of hydrazine groups is 1. The summed E-state index contributed by atoms with van der Waals surface area (Å²) in [7, 11) is 0. The zero-order valence-corrected chi connectivity index (χ0v) is 7.68. The Kier molecular flexibility index (Phi) is 5.12. The summed E-state index contributed by atoms with van der Waals surface area (Å²) in [6.07, 6.45) is 2.77. The van der Waals surface area contributed by atoms with Crippen molar-refractivity contribution in [1.29, 1.82) is 0 Å². The zero-order chi connectivity index (χ0) is 9.56. The number of carbonyl (C=O) groups is 1. The fourth-order valence-corrected chi connectivity index (χ4v) is 0.851. The van der Waals surface area contributed by atoms with Crippen molar-refractivity contribution in [2.45, 2.75) is 33.1 Å². The third-order valence-electron chi connectivity index (χ3n) is 1.66. The molecule has 0 rings (SSSR count).